The second-order valence-electron chi connectivity index (χ2n) is 7.34. The molecule has 10 nitrogen and oxygen atoms in total. The number of amides is 2. The Morgan fingerprint density at radius 1 is 1.06 bits per heavy atom. The van der Waals surface area contributed by atoms with E-state index in [1.807, 2.05) is 30.5 Å². The maximum absolute atomic E-state index is 12.7. The Labute approximate surface area is 189 Å². The van der Waals surface area contributed by atoms with Crippen molar-refractivity contribution >= 4 is 46.4 Å². The molecule has 3 atom stereocenters. The first-order valence-electron chi connectivity index (χ1n) is 10.1. The molecule has 1 heterocycles. The molecule has 0 bridgehead atoms. The molecule has 11 heteroatoms. The van der Waals surface area contributed by atoms with Gasteiger partial charge in [-0.05, 0) is 42.9 Å². The fourth-order valence-corrected chi connectivity index (χ4v) is 3.68. The van der Waals surface area contributed by atoms with Crippen LogP contribution in [-0.4, -0.2) is 69.1 Å². The van der Waals surface area contributed by atoms with E-state index in [4.69, 9.17) is 10.8 Å². The van der Waals surface area contributed by atoms with E-state index in [-0.39, 0.29) is 25.7 Å². The lowest BCUT2D eigenvalue weighted by atomic mass is 10.0. The summed E-state index contributed by atoms with van der Waals surface area (Å²) in [5, 5.41) is 24.1. The third-order valence-electron chi connectivity index (χ3n) is 4.96. The van der Waals surface area contributed by atoms with Crippen LogP contribution in [0.5, 0.6) is 0 Å². The van der Waals surface area contributed by atoms with Gasteiger partial charge in [-0.25, -0.2) is 4.79 Å². The van der Waals surface area contributed by atoms with Gasteiger partial charge in [-0.3, -0.25) is 14.4 Å². The number of benzene rings is 1. The normalized spacial score (nSPS) is 13.8. The molecule has 0 radical (unpaired) electrons. The summed E-state index contributed by atoms with van der Waals surface area (Å²) in [6.45, 7) is 0. The van der Waals surface area contributed by atoms with Crippen LogP contribution >= 0.6 is 11.8 Å². The lowest BCUT2D eigenvalue weighted by Crippen LogP contribution is -2.55. The van der Waals surface area contributed by atoms with E-state index < -0.39 is 41.9 Å². The number of aliphatic carboxylic acids is 2. The quantitative estimate of drug-likeness (QED) is 0.251. The van der Waals surface area contributed by atoms with Gasteiger partial charge in [0.1, 0.15) is 12.1 Å². The summed E-state index contributed by atoms with van der Waals surface area (Å²) in [6, 6.07) is 4.20. The highest BCUT2D eigenvalue weighted by Gasteiger charge is 2.28. The number of carbonyl (C=O) groups is 4. The van der Waals surface area contributed by atoms with Gasteiger partial charge < -0.3 is 31.6 Å². The van der Waals surface area contributed by atoms with Crippen molar-refractivity contribution in [3.05, 3.63) is 36.0 Å². The number of aromatic amines is 1. The summed E-state index contributed by atoms with van der Waals surface area (Å²) in [5.74, 6) is -3.22. The predicted molar refractivity (Wildman–Crippen MR) is 121 cm³/mol. The van der Waals surface area contributed by atoms with E-state index in [0.29, 0.717) is 5.75 Å². The molecule has 0 aliphatic rings. The first-order valence-corrected chi connectivity index (χ1v) is 11.5. The molecule has 0 aliphatic heterocycles. The maximum Gasteiger partial charge on any atom is 0.326 e. The van der Waals surface area contributed by atoms with Crippen molar-refractivity contribution in [1.29, 1.82) is 0 Å². The minimum absolute atomic E-state index is 0.193. The smallest absolute Gasteiger partial charge is 0.326 e. The average Bonchev–Trinajstić information content (AvgIpc) is 3.16. The van der Waals surface area contributed by atoms with E-state index in [9.17, 15) is 24.3 Å². The first kappa shape index (κ1) is 25.2. The monoisotopic (exact) mass is 464 g/mol. The van der Waals surface area contributed by atoms with Crippen molar-refractivity contribution in [3.8, 4) is 0 Å². The van der Waals surface area contributed by atoms with Crippen LogP contribution in [-0.2, 0) is 25.6 Å². The Balaban J connectivity index is 2.06. The number of nitrogens with one attached hydrogen (secondary N) is 3. The number of rotatable bonds is 13. The highest BCUT2D eigenvalue weighted by Crippen LogP contribution is 2.18. The van der Waals surface area contributed by atoms with E-state index in [2.05, 4.69) is 15.6 Å². The molecule has 7 N–H and O–H groups in total. The number of hydrogen-bond donors (Lipinski definition) is 6. The molecule has 2 aromatic rings. The van der Waals surface area contributed by atoms with Gasteiger partial charge in [0.2, 0.25) is 11.8 Å². The van der Waals surface area contributed by atoms with Crippen LogP contribution < -0.4 is 16.4 Å². The van der Waals surface area contributed by atoms with Gasteiger partial charge in [0, 0.05) is 23.5 Å². The minimum Gasteiger partial charge on any atom is -0.481 e. The van der Waals surface area contributed by atoms with Gasteiger partial charge in [-0.2, -0.15) is 11.8 Å². The summed E-state index contributed by atoms with van der Waals surface area (Å²) in [4.78, 5) is 50.8. The number of fused-ring (bicyclic) bond motifs is 1. The van der Waals surface area contributed by atoms with E-state index >= 15 is 0 Å². The number of H-pyrrole nitrogens is 1. The van der Waals surface area contributed by atoms with Crippen LogP contribution in [0.4, 0.5) is 0 Å². The molecule has 0 fully saturated rings. The molecule has 0 spiro atoms. The second-order valence-corrected chi connectivity index (χ2v) is 8.33. The van der Waals surface area contributed by atoms with Crippen molar-refractivity contribution in [2.75, 3.05) is 12.0 Å². The van der Waals surface area contributed by atoms with Crippen molar-refractivity contribution in [3.63, 3.8) is 0 Å². The molecule has 0 unspecified atom stereocenters. The summed E-state index contributed by atoms with van der Waals surface area (Å²) >= 11 is 1.43. The number of carbonyl (C=O) groups excluding carboxylic acids is 2. The minimum atomic E-state index is -1.22. The van der Waals surface area contributed by atoms with Gasteiger partial charge in [0.25, 0.3) is 0 Å². The molecule has 2 amide bonds. The van der Waals surface area contributed by atoms with Gasteiger partial charge >= 0.3 is 11.9 Å². The maximum atomic E-state index is 12.7. The number of carboxylic acid groups (broad SMARTS) is 2. The Morgan fingerprint density at radius 3 is 2.41 bits per heavy atom. The van der Waals surface area contributed by atoms with Crippen LogP contribution in [0.25, 0.3) is 10.9 Å². The van der Waals surface area contributed by atoms with Crippen LogP contribution in [0.2, 0.25) is 0 Å². The van der Waals surface area contributed by atoms with Crippen LogP contribution in [0.1, 0.15) is 24.8 Å². The molecule has 32 heavy (non-hydrogen) atoms. The molecule has 1 aromatic heterocycles. The lowest BCUT2D eigenvalue weighted by molar-refractivity contribution is -0.143. The molecular formula is C21H28N4O6S. The highest BCUT2D eigenvalue weighted by molar-refractivity contribution is 7.98. The van der Waals surface area contributed by atoms with Gasteiger partial charge in [-0.1, -0.05) is 18.2 Å². The summed E-state index contributed by atoms with van der Waals surface area (Å²) in [6.07, 6.45) is 3.40. The molecule has 0 saturated carbocycles. The van der Waals surface area contributed by atoms with Crippen LogP contribution in [0.3, 0.4) is 0 Å². The van der Waals surface area contributed by atoms with Crippen molar-refractivity contribution in [2.24, 2.45) is 5.73 Å². The zero-order valence-corrected chi connectivity index (χ0v) is 18.5. The topological polar surface area (TPSA) is 175 Å². The van der Waals surface area contributed by atoms with E-state index in [0.717, 1.165) is 16.5 Å². The molecule has 1 aromatic carbocycles. The van der Waals surface area contributed by atoms with Gasteiger partial charge in [0.05, 0.1) is 6.04 Å². The summed E-state index contributed by atoms with van der Waals surface area (Å²) in [5.41, 5.74) is 7.78. The highest BCUT2D eigenvalue weighted by atomic mass is 32.2. The van der Waals surface area contributed by atoms with E-state index in [1.165, 1.54) is 11.8 Å². The Kier molecular flexibility index (Phi) is 9.54. The fourth-order valence-electron chi connectivity index (χ4n) is 3.21. The molecule has 174 valence electrons. The lowest BCUT2D eigenvalue weighted by Gasteiger charge is -2.22. The zero-order valence-electron chi connectivity index (χ0n) is 17.7. The number of nitrogens with two attached hydrogens (primary N) is 1. The van der Waals surface area contributed by atoms with Gasteiger partial charge in [0.15, 0.2) is 0 Å². The number of hydrogen-bond acceptors (Lipinski definition) is 6. The Morgan fingerprint density at radius 2 is 1.75 bits per heavy atom. The molecule has 2 rings (SSSR count). The zero-order chi connectivity index (χ0) is 23.7. The van der Waals surface area contributed by atoms with Crippen LogP contribution in [0, 0.1) is 0 Å². The number of aromatic nitrogens is 1. The van der Waals surface area contributed by atoms with Crippen molar-refractivity contribution < 1.29 is 29.4 Å². The molecular weight excluding hydrogens is 436 g/mol. The molecule has 0 aliphatic carbocycles. The number of thioether (sulfide) groups is 1. The van der Waals surface area contributed by atoms with Crippen LogP contribution in [0.15, 0.2) is 30.5 Å². The summed E-state index contributed by atoms with van der Waals surface area (Å²) in [7, 11) is 0. The number of carboxylic acids is 2. The third-order valence-corrected chi connectivity index (χ3v) is 5.60. The molecule has 0 saturated heterocycles. The standard InChI is InChI=1S/C21H28N4O6S/c1-32-9-8-17(21(30)31)25-20(29)16(6-7-18(26)27)24-19(28)14(22)10-12-11-23-15-5-3-2-4-13(12)15/h2-5,11,14,16-17,23H,6-10,22H2,1H3,(H,24,28)(H,25,29)(H,26,27)(H,30,31)/t14-,16-,17-/m0/s1. The number of para-hydroxylation sites is 1. The fraction of sp³-hybridized carbons (Fsp3) is 0.429. The second kappa shape index (κ2) is 12.1. The predicted octanol–water partition coefficient (Wildman–Crippen LogP) is 0.710. The largest absolute Gasteiger partial charge is 0.481 e. The first-order chi connectivity index (χ1) is 15.2. The third kappa shape index (κ3) is 7.27. The van der Waals surface area contributed by atoms with Gasteiger partial charge in [-0.15, -0.1) is 0 Å². The SMILES string of the molecule is CSCC[C@H](NC(=O)[C@H](CCC(=O)O)NC(=O)[C@@H](N)Cc1c[nH]c2ccccc12)C(=O)O. The van der Waals surface area contributed by atoms with Crippen molar-refractivity contribution in [2.45, 2.75) is 43.8 Å². The Bertz CT molecular complexity index is 963. The average molecular weight is 465 g/mol. The Hall–Kier alpha value is -3.05. The summed E-state index contributed by atoms with van der Waals surface area (Å²) < 4.78 is 0. The van der Waals surface area contributed by atoms with Crippen molar-refractivity contribution in [1.82, 2.24) is 15.6 Å². The van der Waals surface area contributed by atoms with E-state index in [1.54, 1.807) is 6.20 Å².